The molecule has 3 N–H and O–H groups in total. The first-order valence-corrected chi connectivity index (χ1v) is 6.48. The van der Waals surface area contributed by atoms with E-state index in [1.165, 1.54) is 0 Å². The van der Waals surface area contributed by atoms with Crippen molar-refractivity contribution in [1.29, 1.82) is 0 Å². The number of methoxy groups -OCH3 is 1. The van der Waals surface area contributed by atoms with Crippen molar-refractivity contribution in [2.24, 2.45) is 5.73 Å². The first kappa shape index (κ1) is 15.6. The zero-order valence-corrected chi connectivity index (χ0v) is 12.0. The second kappa shape index (κ2) is 7.28. The highest BCUT2D eigenvalue weighted by atomic mass is 16.5. The van der Waals surface area contributed by atoms with Gasteiger partial charge in [0.25, 0.3) is 11.8 Å². The third-order valence-electron chi connectivity index (χ3n) is 2.67. The van der Waals surface area contributed by atoms with Crippen LogP contribution in [0.25, 0.3) is 0 Å². The number of carbonyl (C=O) groups excluding carboxylic acids is 2. The molecule has 116 valence electrons. The molecule has 2 aromatic rings. The molecule has 0 saturated heterocycles. The maximum absolute atomic E-state index is 12.0. The minimum absolute atomic E-state index is 0.194. The van der Waals surface area contributed by atoms with Crippen molar-refractivity contribution in [3.8, 4) is 5.75 Å². The first-order valence-electron chi connectivity index (χ1n) is 6.48. The Morgan fingerprint density at radius 3 is 2.55 bits per heavy atom. The monoisotopic (exact) mass is 304 g/mol. The number of amides is 2. The van der Waals surface area contributed by atoms with Crippen LogP contribution in [0.1, 0.15) is 16.3 Å². The van der Waals surface area contributed by atoms with Crippen LogP contribution in [0.5, 0.6) is 5.75 Å². The number of furan rings is 1. The van der Waals surface area contributed by atoms with Crippen molar-refractivity contribution in [2.45, 2.75) is 6.61 Å². The summed E-state index contributed by atoms with van der Waals surface area (Å²) >= 11 is 0. The van der Waals surface area contributed by atoms with Crippen molar-refractivity contribution < 1.29 is 23.5 Å². The van der Waals surface area contributed by atoms with Crippen molar-refractivity contribution in [2.75, 3.05) is 19.0 Å². The number of benzene rings is 1. The second-order valence-electron chi connectivity index (χ2n) is 4.43. The van der Waals surface area contributed by atoms with Gasteiger partial charge in [-0.3, -0.25) is 9.59 Å². The molecule has 0 bridgehead atoms. The summed E-state index contributed by atoms with van der Waals surface area (Å²) in [4.78, 5) is 22.6. The quantitative estimate of drug-likeness (QED) is 0.807. The maximum Gasteiger partial charge on any atom is 0.291 e. The van der Waals surface area contributed by atoms with E-state index in [-0.39, 0.29) is 18.3 Å². The van der Waals surface area contributed by atoms with Gasteiger partial charge in [-0.25, -0.2) is 0 Å². The van der Waals surface area contributed by atoms with E-state index in [4.69, 9.17) is 19.6 Å². The molecule has 1 aromatic heterocycles. The number of hydrogen-bond acceptors (Lipinski definition) is 5. The molecule has 22 heavy (non-hydrogen) atoms. The molecule has 0 aliphatic heterocycles. The van der Waals surface area contributed by atoms with Gasteiger partial charge in [0.1, 0.15) is 18.1 Å². The predicted octanol–water partition coefficient (Wildman–Crippen LogP) is 1.54. The summed E-state index contributed by atoms with van der Waals surface area (Å²) < 4.78 is 15.4. The van der Waals surface area contributed by atoms with Crippen LogP contribution in [0.2, 0.25) is 0 Å². The summed E-state index contributed by atoms with van der Waals surface area (Å²) in [6.07, 6.45) is 0. The van der Waals surface area contributed by atoms with Crippen LogP contribution in [-0.4, -0.2) is 25.5 Å². The maximum atomic E-state index is 12.0. The van der Waals surface area contributed by atoms with Crippen LogP contribution in [-0.2, 0) is 16.1 Å². The first-order chi connectivity index (χ1) is 10.6. The largest absolute Gasteiger partial charge is 0.484 e. The summed E-state index contributed by atoms with van der Waals surface area (Å²) in [6.45, 7) is 0.111. The zero-order chi connectivity index (χ0) is 15.9. The number of primary amides is 1. The number of rotatable bonds is 7. The van der Waals surface area contributed by atoms with Gasteiger partial charge in [0.05, 0.1) is 0 Å². The van der Waals surface area contributed by atoms with Gasteiger partial charge in [-0.15, -0.1) is 0 Å². The lowest BCUT2D eigenvalue weighted by molar-refractivity contribution is -0.119. The second-order valence-corrected chi connectivity index (χ2v) is 4.43. The Kier molecular flexibility index (Phi) is 5.16. The summed E-state index contributed by atoms with van der Waals surface area (Å²) in [6, 6.07) is 9.79. The molecule has 0 radical (unpaired) electrons. The summed E-state index contributed by atoms with van der Waals surface area (Å²) in [5, 5.41) is 2.69. The lowest BCUT2D eigenvalue weighted by Gasteiger charge is -2.06. The van der Waals surface area contributed by atoms with E-state index < -0.39 is 5.91 Å². The Balaban J connectivity index is 1.94. The predicted molar refractivity (Wildman–Crippen MR) is 78.5 cm³/mol. The fourth-order valence-corrected chi connectivity index (χ4v) is 1.70. The summed E-state index contributed by atoms with van der Waals surface area (Å²) in [7, 11) is 1.55. The van der Waals surface area contributed by atoms with Gasteiger partial charge in [-0.2, -0.15) is 0 Å². The molecule has 0 saturated carbocycles. The van der Waals surface area contributed by atoms with Crippen molar-refractivity contribution in [1.82, 2.24) is 0 Å². The Labute approximate surface area is 127 Å². The van der Waals surface area contributed by atoms with Gasteiger partial charge in [-0.05, 0) is 36.4 Å². The van der Waals surface area contributed by atoms with Crippen molar-refractivity contribution in [3.63, 3.8) is 0 Å². The number of ether oxygens (including phenoxy) is 2. The molecule has 1 heterocycles. The number of anilines is 1. The smallest absolute Gasteiger partial charge is 0.291 e. The lowest BCUT2D eigenvalue weighted by atomic mass is 10.3. The van der Waals surface area contributed by atoms with Crippen LogP contribution in [0.3, 0.4) is 0 Å². The zero-order valence-electron chi connectivity index (χ0n) is 12.0. The minimum atomic E-state index is -0.554. The van der Waals surface area contributed by atoms with Gasteiger partial charge in [0, 0.05) is 12.8 Å². The molecule has 1 aromatic carbocycles. The highest BCUT2D eigenvalue weighted by molar-refractivity contribution is 6.02. The molecule has 0 atom stereocenters. The van der Waals surface area contributed by atoms with Gasteiger partial charge < -0.3 is 24.9 Å². The normalized spacial score (nSPS) is 10.2. The van der Waals surface area contributed by atoms with Gasteiger partial charge >= 0.3 is 0 Å². The number of nitrogens with two attached hydrogens (primary N) is 1. The van der Waals surface area contributed by atoms with Crippen molar-refractivity contribution >= 4 is 17.5 Å². The molecule has 0 spiro atoms. The molecule has 0 aliphatic rings. The van der Waals surface area contributed by atoms with E-state index in [0.29, 0.717) is 23.8 Å². The van der Waals surface area contributed by atoms with E-state index in [1.54, 1.807) is 43.5 Å². The van der Waals surface area contributed by atoms with Gasteiger partial charge in [0.2, 0.25) is 0 Å². The SMILES string of the molecule is COCc1ccc(C(=O)Nc2ccc(OCC(N)=O)cc2)o1. The fraction of sp³-hybridized carbons (Fsp3) is 0.200. The van der Waals surface area contributed by atoms with E-state index in [2.05, 4.69) is 5.32 Å². The Morgan fingerprint density at radius 2 is 1.91 bits per heavy atom. The molecule has 7 heteroatoms. The van der Waals surface area contributed by atoms with Gasteiger partial charge in [-0.1, -0.05) is 0 Å². The number of nitrogens with one attached hydrogen (secondary N) is 1. The lowest BCUT2D eigenvalue weighted by Crippen LogP contribution is -2.20. The van der Waals surface area contributed by atoms with Gasteiger partial charge in [0.15, 0.2) is 12.4 Å². The molecule has 2 rings (SSSR count). The van der Waals surface area contributed by atoms with E-state index in [9.17, 15) is 9.59 Å². The molecular weight excluding hydrogens is 288 g/mol. The number of carbonyl (C=O) groups is 2. The highest BCUT2D eigenvalue weighted by Crippen LogP contribution is 2.17. The van der Waals surface area contributed by atoms with Crippen LogP contribution < -0.4 is 15.8 Å². The standard InChI is InChI=1S/C15H16N2O5/c1-20-8-12-6-7-13(22-12)15(19)17-10-2-4-11(5-3-10)21-9-14(16)18/h2-7H,8-9H2,1H3,(H2,16,18)(H,17,19). The number of hydrogen-bond donors (Lipinski definition) is 2. The van der Waals surface area contributed by atoms with Crippen LogP contribution in [0.15, 0.2) is 40.8 Å². The average molecular weight is 304 g/mol. The Morgan fingerprint density at radius 1 is 1.18 bits per heavy atom. The Hall–Kier alpha value is -2.80. The van der Waals surface area contributed by atoms with Crippen LogP contribution in [0.4, 0.5) is 5.69 Å². The van der Waals surface area contributed by atoms with E-state index >= 15 is 0 Å². The van der Waals surface area contributed by atoms with Crippen molar-refractivity contribution in [3.05, 3.63) is 47.9 Å². The fourth-order valence-electron chi connectivity index (χ4n) is 1.70. The summed E-state index contributed by atoms with van der Waals surface area (Å²) in [5.41, 5.74) is 5.55. The average Bonchev–Trinajstić information content (AvgIpc) is 2.96. The third-order valence-corrected chi connectivity index (χ3v) is 2.67. The molecular formula is C15H16N2O5. The molecule has 2 amide bonds. The Bertz CT molecular complexity index is 648. The third kappa shape index (κ3) is 4.35. The molecule has 0 unspecified atom stereocenters. The van der Waals surface area contributed by atoms with E-state index in [0.717, 1.165) is 0 Å². The molecule has 0 fully saturated rings. The topological polar surface area (TPSA) is 104 Å². The molecule has 7 nitrogen and oxygen atoms in total. The highest BCUT2D eigenvalue weighted by Gasteiger charge is 2.11. The van der Waals surface area contributed by atoms with Crippen LogP contribution in [0, 0.1) is 0 Å². The summed E-state index contributed by atoms with van der Waals surface area (Å²) in [5.74, 6) is 0.330. The molecule has 0 aliphatic carbocycles. The van der Waals surface area contributed by atoms with Crippen LogP contribution >= 0.6 is 0 Å². The van der Waals surface area contributed by atoms with E-state index in [1.807, 2.05) is 0 Å². The minimum Gasteiger partial charge on any atom is -0.484 e.